The summed E-state index contributed by atoms with van der Waals surface area (Å²) >= 11 is 0. The van der Waals surface area contributed by atoms with Crippen molar-refractivity contribution >= 4 is 6.09 Å². The maximum atomic E-state index is 11.6. The number of amides is 1. The van der Waals surface area contributed by atoms with Crippen LogP contribution < -0.4 is 4.74 Å². The van der Waals surface area contributed by atoms with Crippen molar-refractivity contribution in [3.63, 3.8) is 0 Å². The first-order chi connectivity index (χ1) is 8.61. The fourth-order valence-corrected chi connectivity index (χ4v) is 1.98. The van der Waals surface area contributed by atoms with Crippen LogP contribution in [0.4, 0.5) is 4.79 Å². The number of hydrogen-bond donors (Lipinski definition) is 0. The van der Waals surface area contributed by atoms with Crippen molar-refractivity contribution in [3.05, 3.63) is 11.3 Å². The Morgan fingerprint density at radius 1 is 1.50 bits per heavy atom. The zero-order chi connectivity index (χ0) is 13.1. The Labute approximate surface area is 106 Å². The number of aryl methyl sites for hydroxylation is 1. The van der Waals surface area contributed by atoms with Gasteiger partial charge in [-0.2, -0.15) is 0 Å². The Bertz CT molecular complexity index is 428. The van der Waals surface area contributed by atoms with Crippen LogP contribution in [0.5, 0.6) is 5.88 Å². The average Bonchev–Trinajstić information content (AvgIpc) is 2.59. The number of carbonyl (C=O) groups is 1. The topological polar surface area (TPSA) is 64.8 Å². The lowest BCUT2D eigenvalue weighted by Crippen LogP contribution is -2.30. The molecule has 1 amide bonds. The molecule has 0 aromatic carbocycles. The number of ether oxygens (including phenoxy) is 2. The molecule has 0 aliphatic carbocycles. The minimum atomic E-state index is -0.334. The van der Waals surface area contributed by atoms with Gasteiger partial charge in [0.2, 0.25) is 0 Å². The quantitative estimate of drug-likeness (QED) is 0.807. The maximum absolute atomic E-state index is 11.6. The fraction of sp³-hybridized carbons (Fsp3) is 0.667. The Morgan fingerprint density at radius 3 is 2.94 bits per heavy atom. The van der Waals surface area contributed by atoms with E-state index in [4.69, 9.17) is 14.0 Å². The molecule has 1 aromatic rings. The van der Waals surface area contributed by atoms with Gasteiger partial charge in [-0.3, -0.25) is 0 Å². The van der Waals surface area contributed by atoms with Crippen LogP contribution in [0.25, 0.3) is 0 Å². The van der Waals surface area contributed by atoms with Crippen molar-refractivity contribution in [1.29, 1.82) is 0 Å². The van der Waals surface area contributed by atoms with E-state index in [1.54, 1.807) is 4.90 Å². The molecule has 18 heavy (non-hydrogen) atoms. The van der Waals surface area contributed by atoms with Gasteiger partial charge in [0.1, 0.15) is 5.76 Å². The maximum Gasteiger partial charge on any atom is 0.409 e. The van der Waals surface area contributed by atoms with Gasteiger partial charge in [-0.05, 0) is 25.4 Å². The van der Waals surface area contributed by atoms with Crippen molar-refractivity contribution in [2.24, 2.45) is 0 Å². The van der Waals surface area contributed by atoms with Gasteiger partial charge in [0.05, 0.1) is 25.3 Å². The molecular weight excluding hydrogens is 236 g/mol. The lowest BCUT2D eigenvalue weighted by Gasteiger charge is -2.18. The predicted octanol–water partition coefficient (Wildman–Crippen LogP) is 1.98. The third-order valence-corrected chi connectivity index (χ3v) is 2.79. The summed E-state index contributed by atoms with van der Waals surface area (Å²) in [7, 11) is 1.38. The lowest BCUT2D eigenvalue weighted by molar-refractivity contribution is 0.120. The van der Waals surface area contributed by atoms with Crippen LogP contribution in [-0.2, 0) is 17.7 Å². The van der Waals surface area contributed by atoms with E-state index in [-0.39, 0.29) is 12.2 Å². The molecule has 2 heterocycles. The summed E-state index contributed by atoms with van der Waals surface area (Å²) in [5.74, 6) is 1.29. The molecule has 0 N–H and O–H groups in total. The van der Waals surface area contributed by atoms with Gasteiger partial charge in [-0.1, -0.05) is 0 Å². The minimum absolute atomic E-state index is 0.0222. The number of methoxy groups -OCH3 is 1. The minimum Gasteiger partial charge on any atom is -0.473 e. The highest BCUT2D eigenvalue weighted by Gasteiger charge is 2.26. The van der Waals surface area contributed by atoms with E-state index >= 15 is 0 Å². The Balaban J connectivity index is 2.22. The second-order valence-electron chi connectivity index (χ2n) is 4.55. The summed E-state index contributed by atoms with van der Waals surface area (Å²) in [6, 6.07) is 0. The number of hydrogen-bond acceptors (Lipinski definition) is 5. The summed E-state index contributed by atoms with van der Waals surface area (Å²) in [6.45, 7) is 4.93. The van der Waals surface area contributed by atoms with Gasteiger partial charge in [-0.15, -0.1) is 0 Å². The van der Waals surface area contributed by atoms with Gasteiger partial charge < -0.3 is 18.9 Å². The highest BCUT2D eigenvalue weighted by molar-refractivity contribution is 5.67. The van der Waals surface area contributed by atoms with E-state index < -0.39 is 0 Å². The molecular formula is C12H18N2O4. The standard InChI is InChI=1S/C12H18N2O4/c1-8(2)17-11-9-7-14(12(15)16-3)6-4-5-10(9)18-13-11/h8H,4-7H2,1-3H3. The van der Waals surface area contributed by atoms with Crippen molar-refractivity contribution in [3.8, 4) is 5.88 Å². The lowest BCUT2D eigenvalue weighted by atomic mass is 10.2. The van der Waals surface area contributed by atoms with Gasteiger partial charge >= 0.3 is 6.09 Å². The molecule has 6 nitrogen and oxygen atoms in total. The summed E-state index contributed by atoms with van der Waals surface area (Å²) < 4.78 is 15.6. The number of carbonyl (C=O) groups excluding carboxylic acids is 1. The molecule has 0 saturated carbocycles. The van der Waals surface area contributed by atoms with Gasteiger partial charge in [0.15, 0.2) is 0 Å². The molecule has 1 aliphatic rings. The predicted molar refractivity (Wildman–Crippen MR) is 63.4 cm³/mol. The van der Waals surface area contributed by atoms with E-state index in [1.165, 1.54) is 7.11 Å². The summed E-state index contributed by atoms with van der Waals surface area (Å²) in [6.07, 6.45) is 1.28. The third-order valence-electron chi connectivity index (χ3n) is 2.79. The zero-order valence-electron chi connectivity index (χ0n) is 10.9. The Morgan fingerprint density at radius 2 is 2.28 bits per heavy atom. The van der Waals surface area contributed by atoms with Crippen molar-refractivity contribution < 1.29 is 18.8 Å². The average molecular weight is 254 g/mol. The number of fused-ring (bicyclic) bond motifs is 1. The molecule has 0 spiro atoms. The molecule has 0 saturated heterocycles. The smallest absolute Gasteiger partial charge is 0.409 e. The Hall–Kier alpha value is -1.72. The van der Waals surface area contributed by atoms with Gasteiger partial charge in [0.25, 0.3) is 5.88 Å². The second kappa shape index (κ2) is 5.29. The molecule has 0 fully saturated rings. The molecule has 2 rings (SSSR count). The first kappa shape index (κ1) is 12.7. The van der Waals surface area contributed by atoms with E-state index in [1.807, 2.05) is 13.8 Å². The third kappa shape index (κ3) is 2.57. The molecule has 1 aliphatic heterocycles. The SMILES string of the molecule is COC(=O)N1CCCc2onc(OC(C)C)c2C1. The van der Waals surface area contributed by atoms with Crippen LogP contribution in [0.15, 0.2) is 4.52 Å². The second-order valence-corrected chi connectivity index (χ2v) is 4.55. The van der Waals surface area contributed by atoms with Crippen LogP contribution in [-0.4, -0.2) is 35.9 Å². The van der Waals surface area contributed by atoms with E-state index in [0.717, 1.165) is 24.2 Å². The molecule has 0 bridgehead atoms. The number of aromatic nitrogens is 1. The molecule has 100 valence electrons. The molecule has 1 aromatic heterocycles. The van der Waals surface area contributed by atoms with Gasteiger partial charge in [0, 0.05) is 13.0 Å². The van der Waals surface area contributed by atoms with E-state index in [0.29, 0.717) is 19.0 Å². The Kier molecular flexibility index (Phi) is 3.74. The molecule has 0 radical (unpaired) electrons. The van der Waals surface area contributed by atoms with Crippen LogP contribution in [0.2, 0.25) is 0 Å². The molecule has 0 unspecified atom stereocenters. The summed E-state index contributed by atoms with van der Waals surface area (Å²) in [4.78, 5) is 13.2. The number of rotatable bonds is 2. The van der Waals surface area contributed by atoms with Crippen molar-refractivity contribution in [1.82, 2.24) is 10.1 Å². The van der Waals surface area contributed by atoms with Crippen LogP contribution in [0.1, 0.15) is 31.6 Å². The van der Waals surface area contributed by atoms with Crippen LogP contribution >= 0.6 is 0 Å². The van der Waals surface area contributed by atoms with Crippen LogP contribution in [0, 0.1) is 0 Å². The molecule has 6 heteroatoms. The van der Waals surface area contributed by atoms with Crippen molar-refractivity contribution in [2.45, 2.75) is 39.3 Å². The highest BCUT2D eigenvalue weighted by Crippen LogP contribution is 2.28. The van der Waals surface area contributed by atoms with Crippen LogP contribution in [0.3, 0.4) is 0 Å². The first-order valence-corrected chi connectivity index (χ1v) is 6.08. The monoisotopic (exact) mass is 254 g/mol. The van der Waals surface area contributed by atoms with Crippen molar-refractivity contribution in [2.75, 3.05) is 13.7 Å². The molecule has 0 atom stereocenters. The summed E-state index contributed by atoms with van der Waals surface area (Å²) in [5.41, 5.74) is 0.853. The fourth-order valence-electron chi connectivity index (χ4n) is 1.98. The first-order valence-electron chi connectivity index (χ1n) is 6.08. The normalized spacial score (nSPS) is 15.2. The van der Waals surface area contributed by atoms with Gasteiger partial charge in [-0.25, -0.2) is 4.79 Å². The zero-order valence-corrected chi connectivity index (χ0v) is 10.9. The number of nitrogens with zero attached hydrogens (tertiary/aromatic N) is 2. The van der Waals surface area contributed by atoms with E-state index in [2.05, 4.69) is 5.16 Å². The van der Waals surface area contributed by atoms with E-state index in [9.17, 15) is 4.79 Å². The largest absolute Gasteiger partial charge is 0.473 e. The summed E-state index contributed by atoms with van der Waals surface area (Å²) in [5, 5.41) is 3.92. The highest BCUT2D eigenvalue weighted by atomic mass is 16.5.